The van der Waals surface area contributed by atoms with Gasteiger partial charge in [0.2, 0.25) is 0 Å². The van der Waals surface area contributed by atoms with Crippen LogP contribution in [0, 0.1) is 0 Å². The summed E-state index contributed by atoms with van der Waals surface area (Å²) in [6, 6.07) is 5.89. The minimum atomic E-state index is 0.699. The Balaban J connectivity index is 2.22. The van der Waals surface area contributed by atoms with Crippen molar-refractivity contribution in [3.05, 3.63) is 24.4 Å². The molecular weight excluding hydrogens is 216 g/mol. The summed E-state index contributed by atoms with van der Waals surface area (Å²) in [5.74, 6) is 1.59. The molecule has 0 spiro atoms. The molecule has 2 aromatic rings. The molecule has 1 aliphatic heterocycles. The molecule has 0 saturated heterocycles. The molecule has 0 saturated carbocycles. The van der Waals surface area contributed by atoms with Crippen molar-refractivity contribution >= 4 is 16.6 Å². The van der Waals surface area contributed by atoms with E-state index in [2.05, 4.69) is 10.3 Å². The molecule has 1 aromatic heterocycles. The third kappa shape index (κ3) is 1.75. The van der Waals surface area contributed by atoms with Gasteiger partial charge in [0, 0.05) is 36.8 Å². The van der Waals surface area contributed by atoms with Crippen LogP contribution in [0.15, 0.2) is 24.4 Å². The van der Waals surface area contributed by atoms with Crippen molar-refractivity contribution in [1.82, 2.24) is 4.98 Å². The molecule has 0 radical (unpaired) electrons. The molecule has 4 heteroatoms. The predicted molar refractivity (Wildman–Crippen MR) is 66.9 cm³/mol. The van der Waals surface area contributed by atoms with E-state index in [1.54, 1.807) is 6.20 Å². The molecule has 0 atom stereocenters. The highest BCUT2D eigenvalue weighted by Crippen LogP contribution is 2.35. The zero-order chi connectivity index (χ0) is 11.7. The van der Waals surface area contributed by atoms with E-state index in [1.165, 1.54) is 0 Å². The SMILES string of the molecule is CNc1ccnc2cc3c(cc12)OCCCO3. The van der Waals surface area contributed by atoms with Crippen LogP contribution >= 0.6 is 0 Å². The van der Waals surface area contributed by atoms with E-state index in [0.29, 0.717) is 13.2 Å². The maximum absolute atomic E-state index is 5.68. The minimum absolute atomic E-state index is 0.699. The lowest BCUT2D eigenvalue weighted by Crippen LogP contribution is -1.97. The Bertz CT molecular complexity index is 554. The number of nitrogens with one attached hydrogen (secondary N) is 1. The molecule has 0 aliphatic carbocycles. The van der Waals surface area contributed by atoms with E-state index in [0.717, 1.165) is 34.5 Å². The van der Waals surface area contributed by atoms with Crippen molar-refractivity contribution in [2.75, 3.05) is 25.6 Å². The van der Waals surface area contributed by atoms with Crippen LogP contribution < -0.4 is 14.8 Å². The average molecular weight is 230 g/mol. The first-order valence-corrected chi connectivity index (χ1v) is 5.74. The zero-order valence-electron chi connectivity index (χ0n) is 9.69. The van der Waals surface area contributed by atoms with Crippen molar-refractivity contribution in [3.8, 4) is 11.5 Å². The summed E-state index contributed by atoms with van der Waals surface area (Å²) in [7, 11) is 1.90. The molecule has 1 aromatic carbocycles. The Morgan fingerprint density at radius 3 is 2.71 bits per heavy atom. The van der Waals surface area contributed by atoms with Gasteiger partial charge >= 0.3 is 0 Å². The first-order valence-electron chi connectivity index (χ1n) is 5.74. The van der Waals surface area contributed by atoms with E-state index in [1.807, 2.05) is 25.2 Å². The van der Waals surface area contributed by atoms with E-state index >= 15 is 0 Å². The number of aromatic nitrogens is 1. The van der Waals surface area contributed by atoms with Crippen LogP contribution in [0.25, 0.3) is 10.9 Å². The topological polar surface area (TPSA) is 43.4 Å². The van der Waals surface area contributed by atoms with Gasteiger partial charge in [-0.15, -0.1) is 0 Å². The number of fused-ring (bicyclic) bond motifs is 2. The van der Waals surface area contributed by atoms with Gasteiger partial charge in [-0.3, -0.25) is 4.98 Å². The molecule has 1 N–H and O–H groups in total. The number of nitrogens with zero attached hydrogens (tertiary/aromatic N) is 1. The number of hydrogen-bond donors (Lipinski definition) is 1. The third-order valence-electron chi connectivity index (χ3n) is 2.88. The van der Waals surface area contributed by atoms with Gasteiger partial charge < -0.3 is 14.8 Å². The Hall–Kier alpha value is -1.97. The van der Waals surface area contributed by atoms with Crippen molar-refractivity contribution in [3.63, 3.8) is 0 Å². The molecular formula is C13H14N2O2. The Kier molecular flexibility index (Phi) is 2.48. The van der Waals surface area contributed by atoms with Crippen molar-refractivity contribution in [1.29, 1.82) is 0 Å². The highest BCUT2D eigenvalue weighted by Gasteiger charge is 2.13. The summed E-state index contributed by atoms with van der Waals surface area (Å²) in [6.07, 6.45) is 2.70. The van der Waals surface area contributed by atoms with Crippen molar-refractivity contribution in [2.45, 2.75) is 6.42 Å². The maximum Gasteiger partial charge on any atom is 0.163 e. The normalized spacial score (nSPS) is 14.4. The van der Waals surface area contributed by atoms with Crippen LogP contribution in [-0.4, -0.2) is 25.2 Å². The summed E-state index contributed by atoms with van der Waals surface area (Å²) >= 11 is 0. The first kappa shape index (κ1) is 10.2. The van der Waals surface area contributed by atoms with Gasteiger partial charge in [-0.25, -0.2) is 0 Å². The largest absolute Gasteiger partial charge is 0.490 e. The number of anilines is 1. The molecule has 0 amide bonds. The van der Waals surface area contributed by atoms with E-state index < -0.39 is 0 Å². The van der Waals surface area contributed by atoms with Gasteiger partial charge in [0.15, 0.2) is 11.5 Å². The summed E-state index contributed by atoms with van der Waals surface area (Å²) in [5.41, 5.74) is 1.96. The lowest BCUT2D eigenvalue weighted by molar-refractivity contribution is 0.297. The van der Waals surface area contributed by atoms with E-state index in [4.69, 9.17) is 9.47 Å². The van der Waals surface area contributed by atoms with Crippen LogP contribution in [0.5, 0.6) is 11.5 Å². The van der Waals surface area contributed by atoms with E-state index in [9.17, 15) is 0 Å². The van der Waals surface area contributed by atoms with Crippen LogP contribution in [0.3, 0.4) is 0 Å². The molecule has 0 bridgehead atoms. The molecule has 88 valence electrons. The number of rotatable bonds is 1. The van der Waals surface area contributed by atoms with Gasteiger partial charge in [-0.2, -0.15) is 0 Å². The van der Waals surface area contributed by atoms with Gasteiger partial charge in [0.1, 0.15) is 0 Å². The second-order valence-electron chi connectivity index (χ2n) is 3.98. The highest BCUT2D eigenvalue weighted by molar-refractivity contribution is 5.93. The predicted octanol–water partition coefficient (Wildman–Crippen LogP) is 2.44. The third-order valence-corrected chi connectivity index (χ3v) is 2.88. The van der Waals surface area contributed by atoms with Gasteiger partial charge in [0.25, 0.3) is 0 Å². The minimum Gasteiger partial charge on any atom is -0.490 e. The van der Waals surface area contributed by atoms with Gasteiger partial charge in [0.05, 0.1) is 18.7 Å². The summed E-state index contributed by atoms with van der Waals surface area (Å²) in [5, 5.41) is 4.21. The fourth-order valence-electron chi connectivity index (χ4n) is 2.02. The lowest BCUT2D eigenvalue weighted by atomic mass is 10.1. The number of benzene rings is 1. The van der Waals surface area contributed by atoms with Gasteiger partial charge in [-0.1, -0.05) is 0 Å². The number of hydrogen-bond acceptors (Lipinski definition) is 4. The van der Waals surface area contributed by atoms with Crippen LogP contribution in [0.4, 0.5) is 5.69 Å². The number of pyridine rings is 1. The van der Waals surface area contributed by atoms with E-state index in [-0.39, 0.29) is 0 Å². The Labute approximate surface area is 99.6 Å². The van der Waals surface area contributed by atoms with Crippen LogP contribution in [-0.2, 0) is 0 Å². The average Bonchev–Trinajstić information content (AvgIpc) is 2.60. The molecule has 3 rings (SSSR count). The smallest absolute Gasteiger partial charge is 0.163 e. The Morgan fingerprint density at radius 1 is 1.18 bits per heavy atom. The van der Waals surface area contributed by atoms with Crippen molar-refractivity contribution in [2.24, 2.45) is 0 Å². The fourth-order valence-corrected chi connectivity index (χ4v) is 2.02. The van der Waals surface area contributed by atoms with Crippen LogP contribution in [0.2, 0.25) is 0 Å². The number of ether oxygens (including phenoxy) is 2. The molecule has 4 nitrogen and oxygen atoms in total. The zero-order valence-corrected chi connectivity index (χ0v) is 9.69. The summed E-state index contributed by atoms with van der Waals surface area (Å²) in [6.45, 7) is 1.40. The molecule has 0 unspecified atom stereocenters. The first-order chi connectivity index (χ1) is 8.38. The van der Waals surface area contributed by atoms with Crippen LogP contribution in [0.1, 0.15) is 6.42 Å². The van der Waals surface area contributed by atoms with Crippen molar-refractivity contribution < 1.29 is 9.47 Å². The molecule has 1 aliphatic rings. The fraction of sp³-hybridized carbons (Fsp3) is 0.308. The molecule has 17 heavy (non-hydrogen) atoms. The molecule has 2 heterocycles. The Morgan fingerprint density at radius 2 is 1.94 bits per heavy atom. The standard InChI is InChI=1S/C13H14N2O2/c1-14-10-3-4-15-11-8-13-12(7-9(10)11)16-5-2-6-17-13/h3-4,7-8H,2,5-6H2,1H3,(H,14,15). The maximum atomic E-state index is 5.68. The second kappa shape index (κ2) is 4.13. The quantitative estimate of drug-likeness (QED) is 0.817. The monoisotopic (exact) mass is 230 g/mol. The summed E-state index contributed by atoms with van der Waals surface area (Å²) < 4.78 is 11.3. The summed E-state index contributed by atoms with van der Waals surface area (Å²) in [4.78, 5) is 4.35. The molecule has 0 fully saturated rings. The second-order valence-corrected chi connectivity index (χ2v) is 3.98. The lowest BCUT2D eigenvalue weighted by Gasteiger charge is -2.10. The van der Waals surface area contributed by atoms with Gasteiger partial charge in [-0.05, 0) is 12.1 Å². The highest BCUT2D eigenvalue weighted by atomic mass is 16.5.